The van der Waals surface area contributed by atoms with Crippen LogP contribution in [0.25, 0.3) is 0 Å². The number of carbonyl (C=O) groups excluding carboxylic acids is 1. The zero-order chi connectivity index (χ0) is 5.41. The van der Waals surface area contributed by atoms with Crippen molar-refractivity contribution in [3.05, 3.63) is 18.1 Å². The fourth-order valence-corrected chi connectivity index (χ4v) is 0. The van der Waals surface area contributed by atoms with Crippen molar-refractivity contribution in [3.63, 3.8) is 0 Å². The SMILES string of the molecule is C=C=O.C=CBr. The largest absolute Gasteiger partial charge is 0.234 e. The highest BCUT2D eigenvalue weighted by atomic mass is 79.9. The van der Waals surface area contributed by atoms with Crippen LogP contribution in [-0.2, 0) is 4.79 Å². The lowest BCUT2D eigenvalue weighted by atomic mass is 11.2. The fourth-order valence-electron chi connectivity index (χ4n) is 0. The van der Waals surface area contributed by atoms with Gasteiger partial charge in [-0.05, 0) is 11.6 Å². The molecule has 0 aromatic heterocycles. The van der Waals surface area contributed by atoms with Gasteiger partial charge in [0.1, 0.15) is 5.94 Å². The fraction of sp³-hybridized carbons (Fsp3) is 0. The van der Waals surface area contributed by atoms with Gasteiger partial charge in [0.15, 0.2) is 0 Å². The Bertz CT molecular complexity index is 52.6. The van der Waals surface area contributed by atoms with Crippen LogP contribution in [-0.4, -0.2) is 5.94 Å². The third-order valence-corrected chi connectivity index (χ3v) is 0. The van der Waals surface area contributed by atoms with Crippen molar-refractivity contribution in [3.8, 4) is 0 Å². The van der Waals surface area contributed by atoms with Gasteiger partial charge in [-0.25, -0.2) is 4.79 Å². The first-order valence-electron chi connectivity index (χ1n) is 1.18. The lowest BCUT2D eigenvalue weighted by Crippen LogP contribution is -1.15. The molecule has 0 aliphatic rings. The van der Waals surface area contributed by atoms with Crippen LogP contribution < -0.4 is 0 Å². The zero-order valence-corrected chi connectivity index (χ0v) is 4.86. The van der Waals surface area contributed by atoms with Crippen molar-refractivity contribution in [2.75, 3.05) is 0 Å². The summed E-state index contributed by atoms with van der Waals surface area (Å²) in [6, 6.07) is 0. The summed E-state index contributed by atoms with van der Waals surface area (Å²) < 4.78 is 0. The summed E-state index contributed by atoms with van der Waals surface area (Å²) in [6.07, 6.45) is 0. The van der Waals surface area contributed by atoms with Gasteiger partial charge in [0.05, 0.1) is 0 Å². The molecule has 6 heavy (non-hydrogen) atoms. The van der Waals surface area contributed by atoms with Crippen molar-refractivity contribution in [2.45, 2.75) is 0 Å². The van der Waals surface area contributed by atoms with E-state index in [2.05, 4.69) is 29.1 Å². The second kappa shape index (κ2) is 22.6. The van der Waals surface area contributed by atoms with Gasteiger partial charge < -0.3 is 0 Å². The molecule has 34 valence electrons. The van der Waals surface area contributed by atoms with Crippen LogP contribution in [0, 0.1) is 0 Å². The van der Waals surface area contributed by atoms with Crippen LogP contribution >= 0.6 is 15.9 Å². The maximum atomic E-state index is 8.57. The molecule has 0 aromatic carbocycles. The first-order chi connectivity index (χ1) is 2.83. The average Bonchev–Trinajstić information content (AvgIpc) is 1.39. The molecular weight excluding hydrogens is 144 g/mol. The van der Waals surface area contributed by atoms with Crippen LogP contribution in [0.4, 0.5) is 0 Å². The molecule has 0 heterocycles. The summed E-state index contributed by atoms with van der Waals surface area (Å²) in [7, 11) is 0. The molecule has 0 rings (SSSR count). The Balaban J connectivity index is 0. The van der Waals surface area contributed by atoms with Crippen molar-refractivity contribution in [1.82, 2.24) is 0 Å². The smallest absolute Gasteiger partial charge is 0.116 e. The maximum absolute atomic E-state index is 8.57. The third kappa shape index (κ3) is 240. The van der Waals surface area contributed by atoms with E-state index in [1.165, 1.54) is 5.94 Å². The number of hydrogen-bond donors (Lipinski definition) is 0. The van der Waals surface area contributed by atoms with Crippen molar-refractivity contribution in [1.29, 1.82) is 0 Å². The van der Waals surface area contributed by atoms with Gasteiger partial charge in [-0.3, -0.25) is 0 Å². The molecule has 0 saturated heterocycles. The first kappa shape index (κ1) is 9.18. The summed E-state index contributed by atoms with van der Waals surface area (Å²) in [4.78, 5) is 10.1. The summed E-state index contributed by atoms with van der Waals surface area (Å²) in [5.74, 6) is 1.25. The summed E-state index contributed by atoms with van der Waals surface area (Å²) in [6.45, 7) is 5.96. The minimum absolute atomic E-state index is 1.25. The van der Waals surface area contributed by atoms with Crippen LogP contribution in [0.1, 0.15) is 0 Å². The van der Waals surface area contributed by atoms with Gasteiger partial charge in [0.2, 0.25) is 0 Å². The van der Waals surface area contributed by atoms with E-state index in [-0.39, 0.29) is 0 Å². The predicted octanol–water partition coefficient (Wildman–Crippen LogP) is 1.53. The molecule has 0 unspecified atom stereocenters. The summed E-state index contributed by atoms with van der Waals surface area (Å²) in [5, 5.41) is 0. The minimum atomic E-state index is 1.25. The van der Waals surface area contributed by atoms with Gasteiger partial charge in [-0.15, -0.1) is 0 Å². The zero-order valence-electron chi connectivity index (χ0n) is 3.28. The van der Waals surface area contributed by atoms with Gasteiger partial charge in [0.25, 0.3) is 0 Å². The van der Waals surface area contributed by atoms with E-state index in [0.717, 1.165) is 0 Å². The monoisotopic (exact) mass is 148 g/mol. The number of halogens is 1. The van der Waals surface area contributed by atoms with Gasteiger partial charge >= 0.3 is 0 Å². The van der Waals surface area contributed by atoms with E-state index < -0.39 is 0 Å². The highest BCUT2D eigenvalue weighted by Crippen LogP contribution is 1.68. The third-order valence-electron chi connectivity index (χ3n) is 0. The molecule has 0 aliphatic heterocycles. The molecule has 1 nitrogen and oxygen atoms in total. The molecule has 0 fully saturated rings. The first-order valence-corrected chi connectivity index (χ1v) is 2.10. The van der Waals surface area contributed by atoms with Crippen molar-refractivity contribution in [2.24, 2.45) is 0 Å². The van der Waals surface area contributed by atoms with Crippen LogP contribution in [0.2, 0.25) is 0 Å². The number of hydrogen-bond acceptors (Lipinski definition) is 1. The van der Waals surface area contributed by atoms with Crippen molar-refractivity contribution < 1.29 is 4.79 Å². The predicted molar refractivity (Wildman–Crippen MR) is 30.4 cm³/mol. The standard InChI is InChI=1S/C2H3Br.C2H2O/c2*1-2-3/h2H,1H2;1H2. The van der Waals surface area contributed by atoms with Gasteiger partial charge in [-0.2, -0.15) is 0 Å². The maximum Gasteiger partial charge on any atom is 0.116 e. The topological polar surface area (TPSA) is 17.1 Å². The molecule has 0 radical (unpaired) electrons. The molecular formula is C4H5BrO. The molecule has 0 aromatic rings. The Kier molecular flexibility index (Phi) is 34.5. The molecule has 0 amide bonds. The highest BCUT2D eigenvalue weighted by Gasteiger charge is 1.18. The van der Waals surface area contributed by atoms with Crippen LogP contribution in [0.5, 0.6) is 0 Å². The van der Waals surface area contributed by atoms with Gasteiger partial charge in [0, 0.05) is 0 Å². The molecule has 0 bridgehead atoms. The lowest BCUT2D eigenvalue weighted by molar-refractivity contribution is 0.569. The van der Waals surface area contributed by atoms with E-state index in [0.29, 0.717) is 0 Å². The quantitative estimate of drug-likeness (QED) is 0.477. The molecule has 0 spiro atoms. The molecule has 0 N–H and O–H groups in total. The molecule has 0 saturated carbocycles. The second-order valence-corrected chi connectivity index (χ2v) is 0.946. The summed E-state index contributed by atoms with van der Waals surface area (Å²) in [5.41, 5.74) is 0. The van der Waals surface area contributed by atoms with E-state index in [9.17, 15) is 0 Å². The molecule has 0 atom stereocenters. The van der Waals surface area contributed by atoms with E-state index in [1.807, 2.05) is 0 Å². The van der Waals surface area contributed by atoms with E-state index in [4.69, 9.17) is 4.79 Å². The number of rotatable bonds is 0. The van der Waals surface area contributed by atoms with Crippen LogP contribution in [0.15, 0.2) is 18.1 Å². The Morgan fingerprint density at radius 3 is 1.83 bits per heavy atom. The van der Waals surface area contributed by atoms with Crippen molar-refractivity contribution >= 4 is 21.9 Å². The Labute approximate surface area is 45.5 Å². The lowest BCUT2D eigenvalue weighted by Gasteiger charge is -1.27. The Morgan fingerprint density at radius 2 is 1.83 bits per heavy atom. The highest BCUT2D eigenvalue weighted by molar-refractivity contribution is 9.11. The Hall–Kier alpha value is -0.330. The second-order valence-electron chi connectivity index (χ2n) is 0.299. The molecule has 2 heteroatoms. The van der Waals surface area contributed by atoms with E-state index >= 15 is 0 Å². The normalized spacial score (nSPS) is 3.50. The van der Waals surface area contributed by atoms with E-state index in [1.54, 1.807) is 4.99 Å². The average molecular weight is 149 g/mol. The van der Waals surface area contributed by atoms with Crippen LogP contribution in [0.3, 0.4) is 0 Å². The summed E-state index contributed by atoms with van der Waals surface area (Å²) >= 11 is 2.91. The Morgan fingerprint density at radius 1 is 1.83 bits per heavy atom. The molecule has 0 aliphatic carbocycles. The van der Waals surface area contributed by atoms with Gasteiger partial charge in [-0.1, -0.05) is 22.5 Å². The minimum Gasteiger partial charge on any atom is -0.234 e.